The van der Waals surface area contributed by atoms with Crippen molar-refractivity contribution in [3.05, 3.63) is 74.9 Å². The van der Waals surface area contributed by atoms with Crippen LogP contribution in [-0.2, 0) is 28.4 Å². The maximum atomic E-state index is 6.08. The highest BCUT2D eigenvalue weighted by molar-refractivity contribution is 5.23. The van der Waals surface area contributed by atoms with E-state index < -0.39 is 12.2 Å². The fourth-order valence-corrected chi connectivity index (χ4v) is 3.11. The molecule has 0 aliphatic carbocycles. The fourth-order valence-electron chi connectivity index (χ4n) is 3.11. The lowest BCUT2D eigenvalue weighted by molar-refractivity contribution is -0.0958. The molecule has 6 atom stereocenters. The predicted octanol–water partition coefficient (Wildman–Crippen LogP) is 3.18. The van der Waals surface area contributed by atoms with Gasteiger partial charge in [-0.1, -0.05) is 48.3 Å². The molecule has 0 aromatic heterocycles. The highest BCUT2D eigenvalue weighted by atomic mass is 16.6. The van der Waals surface area contributed by atoms with Crippen LogP contribution in [0.25, 0.3) is 0 Å². The van der Waals surface area contributed by atoms with Crippen molar-refractivity contribution >= 4 is 0 Å². The van der Waals surface area contributed by atoms with Crippen LogP contribution < -0.4 is 0 Å². The summed E-state index contributed by atoms with van der Waals surface area (Å²) in [5.74, 6) is 6.27. The van der Waals surface area contributed by atoms with Gasteiger partial charge in [0, 0.05) is 0 Å². The van der Waals surface area contributed by atoms with Gasteiger partial charge in [-0.3, -0.25) is 0 Å². The summed E-state index contributed by atoms with van der Waals surface area (Å²) in [6.07, 6.45) is 12.7. The van der Waals surface area contributed by atoms with Gasteiger partial charge in [0.1, 0.15) is 36.6 Å². The Balaban J connectivity index is 2.01. The Bertz CT molecular complexity index is 658. The molecule has 0 saturated heterocycles. The van der Waals surface area contributed by atoms with Crippen molar-refractivity contribution in [1.82, 2.24) is 0 Å². The summed E-state index contributed by atoms with van der Waals surface area (Å²) < 4.78 is 34.8. The summed E-state index contributed by atoms with van der Waals surface area (Å²) in [5, 5.41) is 0. The molecule has 2 rings (SSSR count). The summed E-state index contributed by atoms with van der Waals surface area (Å²) in [6.45, 7) is 17.2. The molecule has 0 spiro atoms. The van der Waals surface area contributed by atoms with E-state index in [1.807, 2.05) is 24.3 Å². The second kappa shape index (κ2) is 15.5. The molecule has 32 heavy (non-hydrogen) atoms. The first-order valence-corrected chi connectivity index (χ1v) is 10.7. The van der Waals surface area contributed by atoms with Crippen LogP contribution in [0.3, 0.4) is 0 Å². The Morgan fingerprint density at radius 2 is 1.03 bits per heavy atom. The van der Waals surface area contributed by atoms with Gasteiger partial charge in [-0.2, -0.15) is 0 Å². The Kier molecular flexibility index (Phi) is 12.6. The lowest BCUT2D eigenvalue weighted by Gasteiger charge is -2.31. The van der Waals surface area contributed by atoms with E-state index in [2.05, 4.69) is 38.2 Å². The largest absolute Gasteiger partial charge is 0.375 e. The molecule has 0 aromatic carbocycles. The van der Waals surface area contributed by atoms with Crippen molar-refractivity contribution in [1.29, 1.82) is 0 Å². The zero-order valence-electron chi connectivity index (χ0n) is 18.6. The van der Waals surface area contributed by atoms with Gasteiger partial charge in [0.2, 0.25) is 0 Å². The average molecular weight is 443 g/mol. The number of rotatable bonds is 14. The van der Waals surface area contributed by atoms with Crippen molar-refractivity contribution in [3.63, 3.8) is 0 Å². The zero-order valence-corrected chi connectivity index (χ0v) is 18.6. The third-order valence-corrected chi connectivity index (χ3v) is 4.54. The van der Waals surface area contributed by atoms with Crippen molar-refractivity contribution in [2.75, 3.05) is 39.6 Å². The van der Waals surface area contributed by atoms with Crippen molar-refractivity contribution < 1.29 is 28.4 Å². The summed E-state index contributed by atoms with van der Waals surface area (Å²) in [4.78, 5) is 0. The van der Waals surface area contributed by atoms with Crippen LogP contribution in [0, 0.1) is 11.8 Å². The van der Waals surface area contributed by atoms with Gasteiger partial charge >= 0.3 is 0 Å². The molecule has 0 aromatic rings. The minimum Gasteiger partial charge on any atom is -0.375 e. The Morgan fingerprint density at radius 1 is 0.625 bits per heavy atom. The number of ether oxygens (including phenoxy) is 6. The van der Waals surface area contributed by atoms with E-state index in [0.29, 0.717) is 39.6 Å². The summed E-state index contributed by atoms with van der Waals surface area (Å²) >= 11 is 0. The van der Waals surface area contributed by atoms with E-state index in [0.717, 1.165) is 0 Å². The second-order valence-electron chi connectivity index (χ2n) is 7.07. The van der Waals surface area contributed by atoms with Crippen LogP contribution in [0.1, 0.15) is 0 Å². The molecule has 2 aliphatic rings. The third-order valence-electron chi connectivity index (χ3n) is 4.54. The molecule has 0 amide bonds. The van der Waals surface area contributed by atoms with Gasteiger partial charge < -0.3 is 28.4 Å². The van der Waals surface area contributed by atoms with Crippen molar-refractivity contribution in [3.8, 4) is 11.8 Å². The minimum atomic E-state index is -0.391. The van der Waals surface area contributed by atoms with E-state index in [1.165, 1.54) is 0 Å². The molecule has 0 N–H and O–H groups in total. The van der Waals surface area contributed by atoms with E-state index >= 15 is 0 Å². The van der Waals surface area contributed by atoms with E-state index in [4.69, 9.17) is 28.4 Å². The van der Waals surface area contributed by atoms with Crippen LogP contribution in [0.4, 0.5) is 0 Å². The van der Waals surface area contributed by atoms with Gasteiger partial charge in [0.15, 0.2) is 0 Å². The molecule has 0 unspecified atom stereocenters. The normalized spacial score (nSPS) is 29.0. The van der Waals surface area contributed by atoms with E-state index in [9.17, 15) is 0 Å². The molecule has 0 bridgehead atoms. The quantitative estimate of drug-likeness (QED) is 0.234. The number of hydrogen-bond acceptors (Lipinski definition) is 6. The molecule has 6 heteroatoms. The van der Waals surface area contributed by atoms with Crippen LogP contribution in [0.15, 0.2) is 74.9 Å². The van der Waals surface area contributed by atoms with Gasteiger partial charge in [-0.05, 0) is 12.2 Å². The lowest BCUT2D eigenvalue weighted by Crippen LogP contribution is -2.41. The minimum absolute atomic E-state index is 0.226. The smallest absolute Gasteiger partial charge is 0.137 e. The first kappa shape index (κ1) is 26.0. The first-order valence-electron chi connectivity index (χ1n) is 10.7. The molecular formula is C26H34O6. The first-order chi connectivity index (χ1) is 15.7. The SMILES string of the molecule is C=CCOC[C@H]1O[C@H](C#C[C@@H]2C=C[C@H](OCC=C)[C@@H](COCC=C)O2)C=C[C@@H]1OCC=C. The third kappa shape index (κ3) is 9.09. The molecule has 2 aliphatic heterocycles. The predicted molar refractivity (Wildman–Crippen MR) is 125 cm³/mol. The average Bonchev–Trinajstić information content (AvgIpc) is 2.81. The van der Waals surface area contributed by atoms with Gasteiger partial charge in [-0.15, -0.1) is 26.3 Å². The summed E-state index contributed by atoms with van der Waals surface area (Å²) in [5.41, 5.74) is 0. The maximum Gasteiger partial charge on any atom is 0.137 e. The standard InChI is InChI=1S/C26H34O6/c1-5-15-27-19-25-23(29-17-7-3)13-11-21(31-25)9-10-22-12-14-24(30-18-8-4)26(32-22)20-28-16-6-2/h5-8,11-14,21-26H,1-4,15-20H2/t21-,22-,23+,24+,25-,26-/m1/s1. The van der Waals surface area contributed by atoms with Gasteiger partial charge in [0.25, 0.3) is 0 Å². The van der Waals surface area contributed by atoms with Gasteiger partial charge in [0.05, 0.1) is 39.6 Å². The molecule has 0 fully saturated rings. The second-order valence-corrected chi connectivity index (χ2v) is 7.07. The van der Waals surface area contributed by atoms with Crippen LogP contribution in [0.2, 0.25) is 0 Å². The lowest BCUT2D eigenvalue weighted by atomic mass is 10.1. The molecule has 6 nitrogen and oxygen atoms in total. The maximum absolute atomic E-state index is 6.08. The molecule has 174 valence electrons. The van der Waals surface area contributed by atoms with Gasteiger partial charge in [-0.25, -0.2) is 0 Å². The summed E-state index contributed by atoms with van der Waals surface area (Å²) in [6, 6.07) is 0. The Morgan fingerprint density at radius 3 is 1.41 bits per heavy atom. The molecular weight excluding hydrogens is 408 g/mol. The molecule has 0 radical (unpaired) electrons. The monoisotopic (exact) mass is 442 g/mol. The summed E-state index contributed by atoms with van der Waals surface area (Å²) in [7, 11) is 0. The highest BCUT2D eigenvalue weighted by Crippen LogP contribution is 2.19. The van der Waals surface area contributed by atoms with Crippen molar-refractivity contribution in [2.24, 2.45) is 0 Å². The Hall–Kier alpha value is -2.24. The van der Waals surface area contributed by atoms with Crippen LogP contribution in [0.5, 0.6) is 0 Å². The highest BCUT2D eigenvalue weighted by Gasteiger charge is 2.29. The molecule has 0 saturated carbocycles. The van der Waals surface area contributed by atoms with Crippen LogP contribution >= 0.6 is 0 Å². The molecule has 2 heterocycles. The van der Waals surface area contributed by atoms with E-state index in [1.54, 1.807) is 24.3 Å². The van der Waals surface area contributed by atoms with Crippen molar-refractivity contribution in [2.45, 2.75) is 36.6 Å². The number of hydrogen-bond donors (Lipinski definition) is 0. The fraction of sp³-hybridized carbons (Fsp3) is 0.462. The van der Waals surface area contributed by atoms with E-state index in [-0.39, 0.29) is 24.4 Å². The van der Waals surface area contributed by atoms with Crippen LogP contribution in [-0.4, -0.2) is 76.3 Å². The topological polar surface area (TPSA) is 55.4 Å². The zero-order chi connectivity index (χ0) is 23.0. The Labute approximate surface area is 191 Å².